The number of hydrogen-bond acceptors (Lipinski definition) is 4. The van der Waals surface area contributed by atoms with E-state index in [2.05, 4.69) is 26.1 Å². The second-order valence-electron chi connectivity index (χ2n) is 8.02. The highest BCUT2D eigenvalue weighted by Gasteiger charge is 2.33. The number of nitrogens with one attached hydrogen (secondary N) is 1. The first-order valence-electron chi connectivity index (χ1n) is 9.07. The topological polar surface area (TPSA) is 104 Å². The summed E-state index contributed by atoms with van der Waals surface area (Å²) in [4.78, 5) is 23.2. The van der Waals surface area contributed by atoms with Crippen molar-refractivity contribution >= 4 is 21.9 Å². The van der Waals surface area contributed by atoms with E-state index in [1.54, 1.807) is 12.1 Å². The van der Waals surface area contributed by atoms with Crippen LogP contribution in [0.15, 0.2) is 29.2 Å². The van der Waals surface area contributed by atoms with Crippen molar-refractivity contribution in [2.45, 2.75) is 56.9 Å². The Morgan fingerprint density at radius 2 is 1.67 bits per heavy atom. The standard InChI is InChI=1S/C19H28N2O5S/c1-13(18(23)24)20-17(22)14-9-11-21(12-10-14)27(25,26)16-7-5-15(6-8-16)19(2,3)4/h5-8,13-14H,9-12H2,1-4H3,(H,20,22)(H,23,24)/t13-/m0/s1. The molecule has 2 N–H and O–H groups in total. The lowest BCUT2D eigenvalue weighted by Crippen LogP contribution is -2.46. The van der Waals surface area contributed by atoms with Gasteiger partial charge in [-0.15, -0.1) is 0 Å². The Morgan fingerprint density at radius 1 is 1.15 bits per heavy atom. The highest BCUT2D eigenvalue weighted by Crippen LogP contribution is 2.27. The maximum Gasteiger partial charge on any atom is 0.325 e. The van der Waals surface area contributed by atoms with E-state index in [-0.39, 0.29) is 35.2 Å². The fourth-order valence-corrected chi connectivity index (χ4v) is 4.50. The van der Waals surface area contributed by atoms with E-state index in [9.17, 15) is 18.0 Å². The van der Waals surface area contributed by atoms with Gasteiger partial charge in [0.25, 0.3) is 0 Å². The summed E-state index contributed by atoms with van der Waals surface area (Å²) in [6.45, 7) is 8.08. The number of carboxylic acid groups (broad SMARTS) is 1. The van der Waals surface area contributed by atoms with Crippen LogP contribution < -0.4 is 5.32 Å². The molecule has 1 heterocycles. The van der Waals surface area contributed by atoms with Crippen molar-refractivity contribution in [1.29, 1.82) is 0 Å². The van der Waals surface area contributed by atoms with Gasteiger partial charge >= 0.3 is 5.97 Å². The van der Waals surface area contributed by atoms with Crippen LogP contribution in [0.25, 0.3) is 0 Å². The minimum absolute atomic E-state index is 0.0545. The van der Waals surface area contributed by atoms with E-state index in [0.717, 1.165) is 5.56 Å². The summed E-state index contributed by atoms with van der Waals surface area (Å²) in [5.74, 6) is -1.81. The first-order chi connectivity index (χ1) is 12.4. The van der Waals surface area contributed by atoms with Gasteiger partial charge in [0.15, 0.2) is 0 Å². The van der Waals surface area contributed by atoms with Gasteiger partial charge in [0.05, 0.1) is 4.90 Å². The largest absolute Gasteiger partial charge is 0.480 e. The second kappa shape index (κ2) is 7.98. The molecule has 7 nitrogen and oxygen atoms in total. The molecule has 1 aliphatic heterocycles. The molecular formula is C19H28N2O5S. The van der Waals surface area contributed by atoms with Gasteiger partial charge in [-0.05, 0) is 42.9 Å². The molecule has 0 saturated carbocycles. The third kappa shape index (κ3) is 5.07. The van der Waals surface area contributed by atoms with Crippen molar-refractivity contribution in [3.05, 3.63) is 29.8 Å². The molecule has 0 bridgehead atoms. The van der Waals surface area contributed by atoms with Crippen LogP contribution in [-0.2, 0) is 25.0 Å². The van der Waals surface area contributed by atoms with E-state index in [4.69, 9.17) is 5.11 Å². The van der Waals surface area contributed by atoms with Crippen molar-refractivity contribution in [3.63, 3.8) is 0 Å². The van der Waals surface area contributed by atoms with E-state index < -0.39 is 22.0 Å². The molecule has 1 atom stereocenters. The number of carbonyl (C=O) groups excluding carboxylic acids is 1. The zero-order valence-electron chi connectivity index (χ0n) is 16.2. The van der Waals surface area contributed by atoms with Gasteiger partial charge < -0.3 is 10.4 Å². The quantitative estimate of drug-likeness (QED) is 0.792. The van der Waals surface area contributed by atoms with Gasteiger partial charge in [-0.1, -0.05) is 32.9 Å². The van der Waals surface area contributed by atoms with Gasteiger partial charge in [-0.2, -0.15) is 4.31 Å². The number of aliphatic carboxylic acids is 1. The molecule has 8 heteroatoms. The van der Waals surface area contributed by atoms with Crippen LogP contribution in [0.4, 0.5) is 0 Å². The van der Waals surface area contributed by atoms with Gasteiger partial charge in [-0.3, -0.25) is 9.59 Å². The molecule has 1 aromatic rings. The molecule has 1 fully saturated rings. The van der Waals surface area contributed by atoms with Gasteiger partial charge in [0.2, 0.25) is 15.9 Å². The Kier molecular flexibility index (Phi) is 6.32. The first-order valence-corrected chi connectivity index (χ1v) is 10.5. The zero-order chi connectivity index (χ0) is 20.4. The number of sulfonamides is 1. The molecule has 0 aromatic heterocycles. The maximum absolute atomic E-state index is 12.8. The predicted molar refractivity (Wildman–Crippen MR) is 102 cm³/mol. The molecule has 150 valence electrons. The van der Waals surface area contributed by atoms with E-state index in [0.29, 0.717) is 12.8 Å². The van der Waals surface area contributed by atoms with Crippen LogP contribution in [-0.4, -0.2) is 48.8 Å². The highest BCUT2D eigenvalue weighted by molar-refractivity contribution is 7.89. The second-order valence-corrected chi connectivity index (χ2v) is 9.96. The monoisotopic (exact) mass is 396 g/mol. The number of amides is 1. The SMILES string of the molecule is C[C@H](NC(=O)C1CCN(S(=O)(=O)c2ccc(C(C)(C)C)cc2)CC1)C(=O)O. The normalized spacial score (nSPS) is 18.1. The Morgan fingerprint density at radius 3 is 2.11 bits per heavy atom. The Balaban J connectivity index is 2.02. The number of carboxylic acids is 1. The van der Waals surface area contributed by atoms with Gasteiger partial charge in [-0.25, -0.2) is 8.42 Å². The first kappa shape index (κ1) is 21.4. The molecule has 1 aromatic carbocycles. The third-order valence-corrected chi connectivity index (χ3v) is 6.82. The number of benzene rings is 1. The summed E-state index contributed by atoms with van der Waals surface area (Å²) >= 11 is 0. The smallest absolute Gasteiger partial charge is 0.325 e. The summed E-state index contributed by atoms with van der Waals surface area (Å²) < 4.78 is 27.1. The van der Waals surface area contributed by atoms with Crippen LogP contribution in [0.2, 0.25) is 0 Å². The van der Waals surface area contributed by atoms with E-state index >= 15 is 0 Å². The Bertz CT molecular complexity index is 788. The maximum atomic E-state index is 12.8. The Labute approximate surface area is 160 Å². The lowest BCUT2D eigenvalue weighted by atomic mass is 9.87. The molecule has 27 heavy (non-hydrogen) atoms. The minimum atomic E-state index is -3.60. The number of carbonyl (C=O) groups is 2. The average molecular weight is 397 g/mol. The lowest BCUT2D eigenvalue weighted by Gasteiger charge is -2.31. The molecular weight excluding hydrogens is 368 g/mol. The van der Waals surface area contributed by atoms with Crippen molar-refractivity contribution in [2.75, 3.05) is 13.1 Å². The molecule has 0 aliphatic carbocycles. The van der Waals surface area contributed by atoms with E-state index in [1.165, 1.54) is 11.2 Å². The third-order valence-electron chi connectivity index (χ3n) is 4.91. The number of nitrogens with zero attached hydrogens (tertiary/aromatic N) is 1. The fourth-order valence-electron chi connectivity index (χ4n) is 3.03. The number of hydrogen-bond donors (Lipinski definition) is 2. The van der Waals surface area contributed by atoms with E-state index in [1.807, 2.05) is 12.1 Å². The highest BCUT2D eigenvalue weighted by atomic mass is 32.2. The van der Waals surface area contributed by atoms with Crippen LogP contribution >= 0.6 is 0 Å². The van der Waals surface area contributed by atoms with Crippen LogP contribution in [0.1, 0.15) is 46.1 Å². The molecule has 0 unspecified atom stereocenters. The minimum Gasteiger partial charge on any atom is -0.480 e. The van der Waals surface area contributed by atoms with Crippen LogP contribution in [0.3, 0.4) is 0 Å². The van der Waals surface area contributed by atoms with Gasteiger partial charge in [0, 0.05) is 19.0 Å². The van der Waals surface area contributed by atoms with Gasteiger partial charge in [0.1, 0.15) is 6.04 Å². The lowest BCUT2D eigenvalue weighted by molar-refractivity contribution is -0.142. The van der Waals surface area contributed by atoms with Crippen molar-refractivity contribution in [2.24, 2.45) is 5.92 Å². The fraction of sp³-hybridized carbons (Fsp3) is 0.579. The number of piperidine rings is 1. The van der Waals surface area contributed by atoms with Crippen LogP contribution in [0.5, 0.6) is 0 Å². The zero-order valence-corrected chi connectivity index (χ0v) is 17.0. The molecule has 2 rings (SSSR count). The molecule has 1 aliphatic rings. The van der Waals surface area contributed by atoms with Crippen molar-refractivity contribution < 1.29 is 23.1 Å². The molecule has 1 saturated heterocycles. The summed E-state index contributed by atoms with van der Waals surface area (Å²) in [6, 6.07) is 5.97. The molecule has 0 radical (unpaired) electrons. The summed E-state index contributed by atoms with van der Waals surface area (Å²) in [6.07, 6.45) is 0.745. The van der Waals surface area contributed by atoms with Crippen molar-refractivity contribution in [1.82, 2.24) is 9.62 Å². The van der Waals surface area contributed by atoms with Crippen molar-refractivity contribution in [3.8, 4) is 0 Å². The summed E-state index contributed by atoms with van der Waals surface area (Å²) in [5, 5.41) is 11.3. The molecule has 1 amide bonds. The molecule has 0 spiro atoms. The summed E-state index contributed by atoms with van der Waals surface area (Å²) in [7, 11) is -3.60. The van der Waals surface area contributed by atoms with Crippen LogP contribution in [0, 0.1) is 5.92 Å². The summed E-state index contributed by atoms with van der Waals surface area (Å²) in [5.41, 5.74) is 1.01. The predicted octanol–water partition coefficient (Wildman–Crippen LogP) is 1.97. The number of rotatable bonds is 5. The average Bonchev–Trinajstić information content (AvgIpc) is 2.61. The Hall–Kier alpha value is -1.93.